The quantitative estimate of drug-likeness (QED) is 0.297. The zero-order valence-electron chi connectivity index (χ0n) is 20.0. The van der Waals surface area contributed by atoms with Gasteiger partial charge in [0.15, 0.2) is 6.23 Å². The van der Waals surface area contributed by atoms with Crippen LogP contribution >= 0.6 is 15.9 Å². The highest BCUT2D eigenvalue weighted by molar-refractivity contribution is 9.10. The summed E-state index contributed by atoms with van der Waals surface area (Å²) in [5.74, 6) is 0.448. The van der Waals surface area contributed by atoms with Crippen LogP contribution in [0.3, 0.4) is 0 Å². The minimum Gasteiger partial charge on any atom is -0.469 e. The summed E-state index contributed by atoms with van der Waals surface area (Å²) in [6.07, 6.45) is -0.216. The molecule has 0 radical (unpaired) electrons. The minimum absolute atomic E-state index is 0.216. The Morgan fingerprint density at radius 1 is 1.11 bits per heavy atom. The van der Waals surface area contributed by atoms with Gasteiger partial charge in [-0.3, -0.25) is 4.90 Å². The molecule has 0 saturated carbocycles. The van der Waals surface area contributed by atoms with Gasteiger partial charge >= 0.3 is 5.97 Å². The number of fused-ring (bicyclic) bond motifs is 3. The van der Waals surface area contributed by atoms with Gasteiger partial charge in [-0.2, -0.15) is 0 Å². The number of carbonyl (C=O) groups is 1. The molecular formula is C28H28BrN3O3. The SMILES string of the molecule is CCOC(=O)c1c(CNc2ccccc2)n(C)c2cc(Br)c3c(c12)CN(C)C(c1ccccc1)O3. The molecule has 0 spiro atoms. The van der Waals surface area contributed by atoms with Gasteiger partial charge in [0.25, 0.3) is 0 Å². The van der Waals surface area contributed by atoms with E-state index in [0.717, 1.165) is 43.6 Å². The molecule has 4 aromatic rings. The van der Waals surface area contributed by atoms with Gasteiger partial charge < -0.3 is 19.4 Å². The summed E-state index contributed by atoms with van der Waals surface area (Å²) in [5.41, 5.74) is 5.47. The van der Waals surface area contributed by atoms with E-state index in [2.05, 4.69) is 42.8 Å². The first kappa shape index (κ1) is 23.5. The van der Waals surface area contributed by atoms with E-state index in [9.17, 15) is 4.79 Å². The molecule has 0 saturated heterocycles. The van der Waals surface area contributed by atoms with E-state index in [1.807, 2.05) is 75.6 Å². The fourth-order valence-electron chi connectivity index (χ4n) is 4.80. The fourth-order valence-corrected chi connectivity index (χ4v) is 5.34. The number of nitrogens with zero attached hydrogens (tertiary/aromatic N) is 2. The molecular weight excluding hydrogens is 506 g/mol. The molecule has 6 nitrogen and oxygen atoms in total. The third kappa shape index (κ3) is 4.30. The van der Waals surface area contributed by atoms with Gasteiger partial charge in [0.2, 0.25) is 0 Å². The van der Waals surface area contributed by atoms with Crippen molar-refractivity contribution in [1.29, 1.82) is 0 Å². The lowest BCUT2D eigenvalue weighted by Crippen LogP contribution is -2.33. The Kier molecular flexibility index (Phi) is 6.54. The van der Waals surface area contributed by atoms with Crippen molar-refractivity contribution in [2.24, 2.45) is 7.05 Å². The molecule has 1 aliphatic heterocycles. The van der Waals surface area contributed by atoms with Crippen LogP contribution < -0.4 is 10.1 Å². The van der Waals surface area contributed by atoms with Gasteiger partial charge in [0.1, 0.15) is 5.75 Å². The van der Waals surface area contributed by atoms with Crippen LogP contribution in [-0.2, 0) is 24.9 Å². The predicted molar refractivity (Wildman–Crippen MR) is 142 cm³/mol. The maximum Gasteiger partial charge on any atom is 0.340 e. The number of rotatable bonds is 6. The Bertz CT molecular complexity index is 1370. The van der Waals surface area contributed by atoms with Crippen LogP contribution in [0.5, 0.6) is 5.75 Å². The van der Waals surface area contributed by atoms with Gasteiger partial charge in [-0.05, 0) is 48.1 Å². The van der Waals surface area contributed by atoms with Crippen LogP contribution in [0, 0.1) is 0 Å². The molecule has 3 aromatic carbocycles. The van der Waals surface area contributed by atoms with Gasteiger partial charge in [-0.15, -0.1) is 0 Å². The van der Waals surface area contributed by atoms with Crippen LogP contribution in [0.25, 0.3) is 10.9 Å². The molecule has 7 heteroatoms. The summed E-state index contributed by atoms with van der Waals surface area (Å²) in [6, 6.07) is 22.2. The van der Waals surface area contributed by atoms with E-state index in [0.29, 0.717) is 25.3 Å². The number of aromatic nitrogens is 1. The molecule has 180 valence electrons. The fraction of sp³-hybridized carbons (Fsp3) is 0.250. The monoisotopic (exact) mass is 533 g/mol. The second-order valence-electron chi connectivity index (χ2n) is 8.68. The highest BCUT2D eigenvalue weighted by Gasteiger charge is 2.33. The molecule has 0 bridgehead atoms. The van der Waals surface area contributed by atoms with Crippen LogP contribution in [-0.4, -0.2) is 29.1 Å². The van der Waals surface area contributed by atoms with Gasteiger partial charge in [-0.25, -0.2) is 4.79 Å². The van der Waals surface area contributed by atoms with Crippen molar-refractivity contribution < 1.29 is 14.3 Å². The maximum absolute atomic E-state index is 13.3. The van der Waals surface area contributed by atoms with Crippen molar-refractivity contribution >= 4 is 38.5 Å². The molecule has 5 rings (SSSR count). The smallest absolute Gasteiger partial charge is 0.340 e. The number of ether oxygens (including phenoxy) is 2. The molecule has 1 atom stereocenters. The third-order valence-electron chi connectivity index (χ3n) is 6.45. The first-order valence-electron chi connectivity index (χ1n) is 11.7. The first-order valence-corrected chi connectivity index (χ1v) is 12.5. The lowest BCUT2D eigenvalue weighted by molar-refractivity contribution is 0.0175. The molecule has 1 aromatic heterocycles. The van der Waals surface area contributed by atoms with Crippen molar-refractivity contribution in [3.05, 3.63) is 93.6 Å². The number of aryl methyl sites for hydroxylation is 1. The topological polar surface area (TPSA) is 55.7 Å². The molecule has 35 heavy (non-hydrogen) atoms. The number of benzene rings is 3. The zero-order chi connectivity index (χ0) is 24.5. The number of anilines is 1. The van der Waals surface area contributed by atoms with E-state index in [1.54, 1.807) is 0 Å². The number of esters is 1. The van der Waals surface area contributed by atoms with E-state index < -0.39 is 0 Å². The molecule has 1 N–H and O–H groups in total. The summed E-state index contributed by atoms with van der Waals surface area (Å²) in [7, 11) is 4.03. The van der Waals surface area contributed by atoms with E-state index in [1.165, 1.54) is 0 Å². The number of hydrogen-bond donors (Lipinski definition) is 1. The Labute approximate surface area is 213 Å². The summed E-state index contributed by atoms with van der Waals surface area (Å²) in [5, 5.41) is 4.33. The van der Waals surface area contributed by atoms with Gasteiger partial charge in [0, 0.05) is 35.8 Å². The first-order chi connectivity index (χ1) is 17.0. The number of hydrogen-bond acceptors (Lipinski definition) is 5. The molecule has 0 amide bonds. The Hall–Kier alpha value is -3.29. The lowest BCUT2D eigenvalue weighted by Gasteiger charge is -2.35. The summed E-state index contributed by atoms with van der Waals surface area (Å²) >= 11 is 3.75. The Morgan fingerprint density at radius 3 is 2.49 bits per heavy atom. The number of para-hydroxylation sites is 1. The minimum atomic E-state index is -0.319. The van der Waals surface area contributed by atoms with E-state index >= 15 is 0 Å². The molecule has 0 aliphatic carbocycles. The molecule has 2 heterocycles. The molecule has 0 fully saturated rings. The number of halogens is 1. The average Bonchev–Trinajstić information content (AvgIpc) is 3.15. The molecule has 1 aliphatic rings. The third-order valence-corrected chi connectivity index (χ3v) is 7.04. The van der Waals surface area contributed by atoms with Crippen molar-refractivity contribution in [3.8, 4) is 5.75 Å². The second-order valence-corrected chi connectivity index (χ2v) is 9.53. The Morgan fingerprint density at radius 2 is 1.80 bits per heavy atom. The number of nitrogens with one attached hydrogen (secondary N) is 1. The predicted octanol–water partition coefficient (Wildman–Crippen LogP) is 6.25. The van der Waals surface area contributed by atoms with Crippen molar-refractivity contribution in [2.45, 2.75) is 26.2 Å². The lowest BCUT2D eigenvalue weighted by atomic mass is 10.0. The second kappa shape index (κ2) is 9.76. The van der Waals surface area contributed by atoms with Crippen molar-refractivity contribution in [3.63, 3.8) is 0 Å². The molecule has 1 unspecified atom stereocenters. The maximum atomic E-state index is 13.3. The van der Waals surface area contributed by atoms with E-state index in [-0.39, 0.29) is 12.2 Å². The van der Waals surface area contributed by atoms with Crippen LogP contribution in [0.4, 0.5) is 5.69 Å². The van der Waals surface area contributed by atoms with Gasteiger partial charge in [0.05, 0.1) is 34.4 Å². The van der Waals surface area contributed by atoms with E-state index in [4.69, 9.17) is 9.47 Å². The average molecular weight is 534 g/mol. The van der Waals surface area contributed by atoms with Gasteiger partial charge in [-0.1, -0.05) is 48.5 Å². The van der Waals surface area contributed by atoms with Crippen molar-refractivity contribution in [1.82, 2.24) is 9.47 Å². The summed E-state index contributed by atoms with van der Waals surface area (Å²) in [6.45, 7) is 3.26. The normalized spacial score (nSPS) is 15.5. The zero-order valence-corrected chi connectivity index (χ0v) is 21.6. The number of carbonyl (C=O) groups excluding carboxylic acids is 1. The highest BCUT2D eigenvalue weighted by atomic mass is 79.9. The highest BCUT2D eigenvalue weighted by Crippen LogP contribution is 2.45. The van der Waals surface area contributed by atoms with Crippen LogP contribution in [0.2, 0.25) is 0 Å². The van der Waals surface area contributed by atoms with Crippen LogP contribution in [0.15, 0.2) is 71.2 Å². The van der Waals surface area contributed by atoms with Crippen LogP contribution in [0.1, 0.15) is 40.3 Å². The van der Waals surface area contributed by atoms with Crippen molar-refractivity contribution in [2.75, 3.05) is 19.0 Å². The summed E-state index contributed by atoms with van der Waals surface area (Å²) < 4.78 is 15.0. The largest absolute Gasteiger partial charge is 0.469 e. The Balaban J connectivity index is 1.65. The summed E-state index contributed by atoms with van der Waals surface area (Å²) in [4.78, 5) is 15.5. The standard InChI is InChI=1S/C28H28BrN3O3/c1-4-34-28(33)25-23(16-30-19-13-9-6-10-14-19)32(3)22-15-21(29)26-20(24(22)25)17-31(2)27(35-26)18-11-7-5-8-12-18/h5-15,27,30H,4,16-17H2,1-3H3.